The molecule has 0 spiro atoms. The molecule has 96 valence electrons. The van der Waals surface area contributed by atoms with E-state index < -0.39 is 0 Å². The second-order valence-electron chi connectivity index (χ2n) is 5.48. The zero-order valence-corrected chi connectivity index (χ0v) is 11.4. The molecule has 0 amide bonds. The van der Waals surface area contributed by atoms with Gasteiger partial charge < -0.3 is 5.32 Å². The van der Waals surface area contributed by atoms with Crippen molar-refractivity contribution in [3.8, 4) is 0 Å². The largest absolute Gasteiger partial charge is 0.310 e. The van der Waals surface area contributed by atoms with Crippen molar-refractivity contribution in [1.29, 1.82) is 0 Å². The second kappa shape index (κ2) is 5.21. The number of hydrogen-bond acceptors (Lipinski definition) is 2. The quantitative estimate of drug-likeness (QED) is 0.849. The lowest BCUT2D eigenvalue weighted by Gasteiger charge is -2.34. The van der Waals surface area contributed by atoms with E-state index >= 15 is 0 Å². The molecule has 1 unspecified atom stereocenters. The smallest absolute Gasteiger partial charge is 0.0537 e. The lowest BCUT2D eigenvalue weighted by Crippen LogP contribution is -2.34. The molecule has 0 bridgehead atoms. The summed E-state index contributed by atoms with van der Waals surface area (Å²) in [5.74, 6) is 0. The molecule has 0 aliphatic heterocycles. The van der Waals surface area contributed by atoms with E-state index in [9.17, 15) is 0 Å². The molecular weight excluding hydrogens is 210 g/mol. The number of rotatable bonds is 5. The van der Waals surface area contributed by atoms with Crippen LogP contribution in [0.1, 0.15) is 58.1 Å². The van der Waals surface area contributed by atoms with Gasteiger partial charge in [-0.25, -0.2) is 0 Å². The van der Waals surface area contributed by atoms with Crippen molar-refractivity contribution in [2.24, 2.45) is 5.41 Å². The van der Waals surface area contributed by atoms with Gasteiger partial charge in [-0.1, -0.05) is 26.7 Å². The summed E-state index contributed by atoms with van der Waals surface area (Å²) >= 11 is 0. The highest BCUT2D eigenvalue weighted by Gasteiger charge is 2.37. The summed E-state index contributed by atoms with van der Waals surface area (Å²) in [6.45, 7) is 8.73. The fourth-order valence-corrected chi connectivity index (χ4v) is 3.14. The van der Waals surface area contributed by atoms with Crippen LogP contribution in [0.4, 0.5) is 0 Å². The van der Waals surface area contributed by atoms with E-state index in [4.69, 9.17) is 0 Å². The Morgan fingerprint density at radius 1 is 1.41 bits per heavy atom. The van der Waals surface area contributed by atoms with E-state index in [1.54, 1.807) is 0 Å². The molecule has 3 heteroatoms. The van der Waals surface area contributed by atoms with Crippen molar-refractivity contribution in [3.05, 3.63) is 18.0 Å². The number of aromatic nitrogens is 2. The molecule has 3 nitrogen and oxygen atoms in total. The molecule has 2 rings (SSSR count). The first kappa shape index (κ1) is 12.6. The fraction of sp³-hybridized carbons (Fsp3) is 0.786. The topological polar surface area (TPSA) is 29.9 Å². The van der Waals surface area contributed by atoms with Crippen LogP contribution in [0.15, 0.2) is 12.4 Å². The van der Waals surface area contributed by atoms with Gasteiger partial charge in [0, 0.05) is 24.3 Å². The fourth-order valence-electron chi connectivity index (χ4n) is 3.14. The Balaban J connectivity index is 2.21. The Labute approximate surface area is 105 Å². The maximum atomic E-state index is 4.42. The monoisotopic (exact) mass is 235 g/mol. The van der Waals surface area contributed by atoms with Crippen molar-refractivity contribution in [1.82, 2.24) is 15.1 Å². The van der Waals surface area contributed by atoms with Crippen LogP contribution < -0.4 is 5.32 Å². The number of nitrogens with one attached hydrogen (secondary N) is 1. The van der Waals surface area contributed by atoms with Gasteiger partial charge in [0.25, 0.3) is 0 Å². The third-order valence-corrected chi connectivity index (χ3v) is 4.16. The zero-order chi connectivity index (χ0) is 12.3. The molecule has 1 aromatic rings. The molecule has 1 fully saturated rings. The molecule has 1 aromatic heterocycles. The van der Waals surface area contributed by atoms with Gasteiger partial charge in [0.15, 0.2) is 0 Å². The first-order chi connectivity index (χ1) is 8.19. The lowest BCUT2D eigenvalue weighted by molar-refractivity contribution is 0.226. The SMILES string of the molecule is CCNC(c1cnn(CC)c1)C1(C)CCCC1. The predicted octanol–water partition coefficient (Wildman–Crippen LogP) is 3.13. The van der Waals surface area contributed by atoms with Crippen LogP contribution in [0, 0.1) is 5.41 Å². The average molecular weight is 235 g/mol. The number of aryl methyl sites for hydroxylation is 1. The van der Waals surface area contributed by atoms with E-state index in [0.29, 0.717) is 11.5 Å². The minimum atomic E-state index is 0.414. The summed E-state index contributed by atoms with van der Waals surface area (Å²) in [6, 6.07) is 0.468. The highest BCUT2D eigenvalue weighted by molar-refractivity contribution is 5.15. The standard InChI is InChI=1S/C14H25N3/c1-4-15-13(14(3)8-6-7-9-14)12-10-16-17(5-2)11-12/h10-11,13,15H,4-9H2,1-3H3. The van der Waals surface area contributed by atoms with E-state index in [1.807, 2.05) is 10.9 Å². The molecule has 1 N–H and O–H groups in total. The van der Waals surface area contributed by atoms with Gasteiger partial charge in [-0.15, -0.1) is 0 Å². The van der Waals surface area contributed by atoms with Gasteiger partial charge in [0.1, 0.15) is 0 Å². The maximum Gasteiger partial charge on any atom is 0.0537 e. The van der Waals surface area contributed by atoms with E-state index in [1.165, 1.54) is 31.2 Å². The summed E-state index contributed by atoms with van der Waals surface area (Å²) in [7, 11) is 0. The summed E-state index contributed by atoms with van der Waals surface area (Å²) in [5, 5.41) is 8.08. The van der Waals surface area contributed by atoms with Crippen LogP contribution in [-0.4, -0.2) is 16.3 Å². The molecule has 1 aliphatic carbocycles. The molecule has 0 aromatic carbocycles. The number of nitrogens with zero attached hydrogens (tertiary/aromatic N) is 2. The van der Waals surface area contributed by atoms with Crippen molar-refractivity contribution in [2.45, 2.75) is 59.0 Å². The van der Waals surface area contributed by atoms with Gasteiger partial charge in [-0.3, -0.25) is 4.68 Å². The van der Waals surface area contributed by atoms with Crippen LogP contribution in [0.2, 0.25) is 0 Å². The molecular formula is C14H25N3. The highest BCUT2D eigenvalue weighted by Crippen LogP contribution is 2.47. The van der Waals surface area contributed by atoms with Crippen LogP contribution in [-0.2, 0) is 6.54 Å². The van der Waals surface area contributed by atoms with Crippen molar-refractivity contribution in [3.63, 3.8) is 0 Å². The van der Waals surface area contributed by atoms with Gasteiger partial charge in [0.05, 0.1) is 6.20 Å². The third-order valence-electron chi connectivity index (χ3n) is 4.16. The minimum absolute atomic E-state index is 0.414. The summed E-state index contributed by atoms with van der Waals surface area (Å²) < 4.78 is 2.03. The Hall–Kier alpha value is -0.830. The Kier molecular flexibility index (Phi) is 3.87. The Bertz CT molecular complexity index is 350. The predicted molar refractivity (Wildman–Crippen MR) is 70.9 cm³/mol. The Morgan fingerprint density at radius 2 is 2.12 bits per heavy atom. The van der Waals surface area contributed by atoms with Crippen LogP contribution in [0.25, 0.3) is 0 Å². The summed E-state index contributed by atoms with van der Waals surface area (Å²) in [4.78, 5) is 0. The van der Waals surface area contributed by atoms with Gasteiger partial charge >= 0.3 is 0 Å². The first-order valence-corrected chi connectivity index (χ1v) is 6.95. The maximum absolute atomic E-state index is 4.42. The minimum Gasteiger partial charge on any atom is -0.310 e. The molecule has 1 heterocycles. The van der Waals surface area contributed by atoms with E-state index in [-0.39, 0.29) is 0 Å². The van der Waals surface area contributed by atoms with E-state index in [2.05, 4.69) is 37.4 Å². The van der Waals surface area contributed by atoms with Gasteiger partial charge in [-0.05, 0) is 31.7 Å². The summed E-state index contributed by atoms with van der Waals surface area (Å²) in [6.07, 6.45) is 9.67. The van der Waals surface area contributed by atoms with Crippen molar-refractivity contribution in [2.75, 3.05) is 6.54 Å². The number of hydrogen-bond donors (Lipinski definition) is 1. The van der Waals surface area contributed by atoms with Gasteiger partial charge in [0.2, 0.25) is 0 Å². The average Bonchev–Trinajstić information content (AvgIpc) is 2.95. The molecule has 17 heavy (non-hydrogen) atoms. The first-order valence-electron chi connectivity index (χ1n) is 6.95. The zero-order valence-electron chi connectivity index (χ0n) is 11.4. The normalized spacial score (nSPS) is 20.6. The van der Waals surface area contributed by atoms with E-state index in [0.717, 1.165) is 13.1 Å². The van der Waals surface area contributed by atoms with Crippen molar-refractivity contribution >= 4 is 0 Å². The second-order valence-corrected chi connectivity index (χ2v) is 5.48. The third kappa shape index (κ3) is 2.54. The van der Waals surface area contributed by atoms with Crippen LogP contribution in [0.5, 0.6) is 0 Å². The van der Waals surface area contributed by atoms with Crippen LogP contribution in [0.3, 0.4) is 0 Å². The molecule has 1 atom stereocenters. The van der Waals surface area contributed by atoms with Gasteiger partial charge in [-0.2, -0.15) is 5.10 Å². The lowest BCUT2D eigenvalue weighted by atomic mass is 9.78. The van der Waals surface area contributed by atoms with Crippen LogP contribution >= 0.6 is 0 Å². The highest BCUT2D eigenvalue weighted by atomic mass is 15.3. The van der Waals surface area contributed by atoms with Crippen molar-refractivity contribution < 1.29 is 0 Å². The summed E-state index contributed by atoms with van der Waals surface area (Å²) in [5.41, 5.74) is 1.77. The Morgan fingerprint density at radius 3 is 2.65 bits per heavy atom. The molecule has 1 saturated carbocycles. The molecule has 0 radical (unpaired) electrons. The molecule has 0 saturated heterocycles. The molecule has 1 aliphatic rings.